The van der Waals surface area contributed by atoms with Crippen molar-refractivity contribution in [1.29, 1.82) is 0 Å². The van der Waals surface area contributed by atoms with Gasteiger partial charge in [-0.3, -0.25) is 5.10 Å². The molecule has 0 atom stereocenters. The molecule has 2 heterocycles. The predicted octanol–water partition coefficient (Wildman–Crippen LogP) is 3.02. The maximum atomic E-state index is 4.45. The number of aryl methyl sites for hydroxylation is 2. The molecule has 0 fully saturated rings. The van der Waals surface area contributed by atoms with Crippen LogP contribution in [0.15, 0.2) is 24.4 Å². The Labute approximate surface area is 111 Å². The van der Waals surface area contributed by atoms with Gasteiger partial charge in [0.15, 0.2) is 0 Å². The molecule has 0 aliphatic heterocycles. The first-order valence-electron chi connectivity index (χ1n) is 6.15. The van der Waals surface area contributed by atoms with Crippen LogP contribution >= 0.6 is 0 Å². The number of H-pyrrole nitrogens is 1. The fraction of sp³-hybridized carbons (Fsp3) is 0.214. The Morgan fingerprint density at radius 1 is 1.11 bits per heavy atom. The molecule has 0 unspecified atom stereocenters. The summed E-state index contributed by atoms with van der Waals surface area (Å²) < 4.78 is 0. The molecule has 3 rings (SSSR count). The van der Waals surface area contributed by atoms with Gasteiger partial charge in [-0.1, -0.05) is 0 Å². The highest BCUT2D eigenvalue weighted by molar-refractivity contribution is 5.82. The van der Waals surface area contributed by atoms with Crippen LogP contribution in [-0.2, 0) is 0 Å². The smallest absolute Gasteiger partial charge is 0.137 e. The summed E-state index contributed by atoms with van der Waals surface area (Å²) >= 11 is 0. The number of nitrogens with one attached hydrogen (secondary N) is 2. The summed E-state index contributed by atoms with van der Waals surface area (Å²) in [7, 11) is 0. The van der Waals surface area contributed by atoms with E-state index in [9.17, 15) is 0 Å². The fourth-order valence-corrected chi connectivity index (χ4v) is 2.05. The lowest BCUT2D eigenvalue weighted by Gasteiger charge is -2.11. The molecule has 0 saturated carbocycles. The number of aromatic nitrogens is 4. The zero-order valence-corrected chi connectivity index (χ0v) is 11.2. The van der Waals surface area contributed by atoms with Gasteiger partial charge < -0.3 is 5.32 Å². The second kappa shape index (κ2) is 4.35. The number of rotatable bonds is 2. The molecule has 0 saturated heterocycles. The molecule has 0 radical (unpaired) electrons. The second-order valence-electron chi connectivity index (χ2n) is 4.63. The molecule has 19 heavy (non-hydrogen) atoms. The summed E-state index contributed by atoms with van der Waals surface area (Å²) in [5, 5.41) is 11.4. The minimum absolute atomic E-state index is 0.773. The van der Waals surface area contributed by atoms with Gasteiger partial charge in [-0.05, 0) is 39.0 Å². The maximum Gasteiger partial charge on any atom is 0.137 e. The van der Waals surface area contributed by atoms with Crippen molar-refractivity contribution in [3.8, 4) is 0 Å². The lowest BCUT2D eigenvalue weighted by atomic mass is 10.2. The number of nitrogens with zero attached hydrogens (tertiary/aromatic N) is 3. The molecule has 5 heteroatoms. The third kappa shape index (κ3) is 2.14. The minimum Gasteiger partial charge on any atom is -0.340 e. The van der Waals surface area contributed by atoms with Crippen molar-refractivity contribution in [2.45, 2.75) is 20.8 Å². The van der Waals surface area contributed by atoms with Crippen LogP contribution in [0.25, 0.3) is 10.9 Å². The molecule has 3 aromatic rings. The summed E-state index contributed by atoms with van der Waals surface area (Å²) in [6.45, 7) is 5.92. The number of hydrogen-bond donors (Lipinski definition) is 2. The van der Waals surface area contributed by atoms with Gasteiger partial charge in [-0.15, -0.1) is 0 Å². The standard InChI is InChI=1S/C14H15N5/c1-8-9(2)16-10(3)17-14(8)18-12-4-5-13-11(6-12)7-15-19-13/h4-7H,1-3H3,(H,15,19)(H,16,17,18). The first kappa shape index (κ1) is 11.6. The number of fused-ring (bicyclic) bond motifs is 1. The molecule has 0 bridgehead atoms. The van der Waals surface area contributed by atoms with Crippen LogP contribution in [0.2, 0.25) is 0 Å². The maximum absolute atomic E-state index is 4.45. The summed E-state index contributed by atoms with van der Waals surface area (Å²) in [5.74, 6) is 1.63. The molecule has 96 valence electrons. The Kier molecular flexibility index (Phi) is 2.67. The highest BCUT2D eigenvalue weighted by Crippen LogP contribution is 2.23. The van der Waals surface area contributed by atoms with E-state index in [0.29, 0.717) is 0 Å². The van der Waals surface area contributed by atoms with E-state index >= 15 is 0 Å². The Bertz CT molecular complexity index is 745. The average Bonchev–Trinajstić information content (AvgIpc) is 2.82. The molecular formula is C14H15N5. The van der Waals surface area contributed by atoms with Gasteiger partial charge in [0.1, 0.15) is 11.6 Å². The van der Waals surface area contributed by atoms with E-state index in [-0.39, 0.29) is 0 Å². The van der Waals surface area contributed by atoms with Crippen molar-refractivity contribution in [2.75, 3.05) is 5.32 Å². The van der Waals surface area contributed by atoms with E-state index in [2.05, 4.69) is 25.5 Å². The van der Waals surface area contributed by atoms with Gasteiger partial charge in [0, 0.05) is 22.3 Å². The highest BCUT2D eigenvalue weighted by atomic mass is 15.1. The largest absolute Gasteiger partial charge is 0.340 e. The molecule has 0 aliphatic carbocycles. The molecule has 1 aromatic carbocycles. The van der Waals surface area contributed by atoms with Crippen molar-refractivity contribution in [1.82, 2.24) is 20.2 Å². The van der Waals surface area contributed by atoms with Crippen LogP contribution in [0.1, 0.15) is 17.1 Å². The lowest BCUT2D eigenvalue weighted by molar-refractivity contribution is 0.991. The van der Waals surface area contributed by atoms with Crippen molar-refractivity contribution in [3.05, 3.63) is 41.5 Å². The first-order chi connectivity index (χ1) is 9.13. The van der Waals surface area contributed by atoms with Crippen LogP contribution < -0.4 is 5.32 Å². The van der Waals surface area contributed by atoms with Crippen LogP contribution in [0.4, 0.5) is 11.5 Å². The van der Waals surface area contributed by atoms with Crippen LogP contribution in [-0.4, -0.2) is 20.2 Å². The average molecular weight is 253 g/mol. The van der Waals surface area contributed by atoms with E-state index in [1.807, 2.05) is 45.2 Å². The fourth-order valence-electron chi connectivity index (χ4n) is 2.05. The van der Waals surface area contributed by atoms with E-state index in [0.717, 1.165) is 39.5 Å². The van der Waals surface area contributed by atoms with Gasteiger partial charge >= 0.3 is 0 Å². The molecular weight excluding hydrogens is 238 g/mol. The van der Waals surface area contributed by atoms with E-state index in [1.165, 1.54) is 0 Å². The third-order valence-corrected chi connectivity index (χ3v) is 3.20. The minimum atomic E-state index is 0.773. The van der Waals surface area contributed by atoms with Crippen molar-refractivity contribution in [2.24, 2.45) is 0 Å². The number of anilines is 2. The topological polar surface area (TPSA) is 66.5 Å². The van der Waals surface area contributed by atoms with E-state index in [4.69, 9.17) is 0 Å². The summed E-state index contributed by atoms with van der Waals surface area (Å²) in [5.41, 5.74) is 4.09. The van der Waals surface area contributed by atoms with Crippen molar-refractivity contribution >= 4 is 22.4 Å². The predicted molar refractivity (Wildman–Crippen MR) is 75.6 cm³/mol. The summed E-state index contributed by atoms with van der Waals surface area (Å²) in [6, 6.07) is 6.05. The number of aromatic amines is 1. The number of benzene rings is 1. The molecule has 0 aliphatic rings. The first-order valence-corrected chi connectivity index (χ1v) is 6.15. The molecule has 0 spiro atoms. The van der Waals surface area contributed by atoms with Gasteiger partial charge in [-0.25, -0.2) is 9.97 Å². The Morgan fingerprint density at radius 2 is 1.95 bits per heavy atom. The Morgan fingerprint density at radius 3 is 2.79 bits per heavy atom. The third-order valence-electron chi connectivity index (χ3n) is 3.20. The van der Waals surface area contributed by atoms with E-state index in [1.54, 1.807) is 0 Å². The number of hydrogen-bond acceptors (Lipinski definition) is 4. The molecule has 2 N–H and O–H groups in total. The van der Waals surface area contributed by atoms with Gasteiger partial charge in [0.25, 0.3) is 0 Å². The zero-order chi connectivity index (χ0) is 13.4. The van der Waals surface area contributed by atoms with Crippen LogP contribution in [0.3, 0.4) is 0 Å². The van der Waals surface area contributed by atoms with Gasteiger partial charge in [-0.2, -0.15) is 5.10 Å². The highest BCUT2D eigenvalue weighted by Gasteiger charge is 2.06. The summed E-state index contributed by atoms with van der Waals surface area (Å²) in [4.78, 5) is 8.80. The second-order valence-corrected chi connectivity index (χ2v) is 4.63. The van der Waals surface area contributed by atoms with Gasteiger partial charge in [0.05, 0.1) is 11.7 Å². The summed E-state index contributed by atoms with van der Waals surface area (Å²) in [6.07, 6.45) is 1.81. The van der Waals surface area contributed by atoms with Gasteiger partial charge in [0.2, 0.25) is 0 Å². The van der Waals surface area contributed by atoms with Crippen LogP contribution in [0, 0.1) is 20.8 Å². The van der Waals surface area contributed by atoms with E-state index < -0.39 is 0 Å². The SMILES string of the molecule is Cc1nc(C)c(C)c(Nc2ccc3[nH]ncc3c2)n1. The van der Waals surface area contributed by atoms with Crippen molar-refractivity contribution < 1.29 is 0 Å². The molecule has 2 aromatic heterocycles. The monoisotopic (exact) mass is 253 g/mol. The van der Waals surface area contributed by atoms with Crippen molar-refractivity contribution in [3.63, 3.8) is 0 Å². The molecule has 0 amide bonds. The quantitative estimate of drug-likeness (QED) is 0.736. The normalized spacial score (nSPS) is 10.9. The Balaban J connectivity index is 2.00. The Hall–Kier alpha value is -2.43. The van der Waals surface area contributed by atoms with Crippen LogP contribution in [0.5, 0.6) is 0 Å². The molecule has 5 nitrogen and oxygen atoms in total. The zero-order valence-electron chi connectivity index (χ0n) is 11.2. The lowest BCUT2D eigenvalue weighted by Crippen LogP contribution is -2.02.